The summed E-state index contributed by atoms with van der Waals surface area (Å²) in [4.78, 5) is 8.98. The normalized spacial score (nSPS) is 11.8. The first kappa shape index (κ1) is 19.4. The smallest absolute Gasteiger partial charge is 0.248 e. The van der Waals surface area contributed by atoms with Crippen molar-refractivity contribution in [3.63, 3.8) is 0 Å². The molecular weight excluding hydrogens is 412 g/mol. The van der Waals surface area contributed by atoms with Crippen LogP contribution in [0.25, 0.3) is 16.7 Å². The number of para-hydroxylation sites is 1. The SMILES string of the molecule is CCCc1nc2cc(Cl)c(C)cc2nc1S(=O)(=O)c1nnnn1-c1ccccc1. The third kappa shape index (κ3) is 3.47. The number of halogens is 1. The van der Waals surface area contributed by atoms with Gasteiger partial charge in [-0.25, -0.2) is 18.4 Å². The predicted molar refractivity (Wildman–Crippen MR) is 108 cm³/mol. The Labute approximate surface area is 172 Å². The van der Waals surface area contributed by atoms with Crippen molar-refractivity contribution >= 4 is 32.5 Å². The summed E-state index contributed by atoms with van der Waals surface area (Å²) in [7, 11) is -4.12. The molecule has 0 amide bonds. The third-order valence-corrected chi connectivity index (χ3v) is 6.38. The molecular formula is C19H17ClN6O2S. The van der Waals surface area contributed by atoms with Gasteiger partial charge in [-0.05, 0) is 53.6 Å². The maximum atomic E-state index is 13.5. The van der Waals surface area contributed by atoms with Crippen LogP contribution in [0, 0.1) is 6.92 Å². The largest absolute Gasteiger partial charge is 0.278 e. The second kappa shape index (κ2) is 7.49. The van der Waals surface area contributed by atoms with Gasteiger partial charge in [-0.2, -0.15) is 4.68 Å². The van der Waals surface area contributed by atoms with Crippen molar-refractivity contribution < 1.29 is 8.42 Å². The summed E-state index contributed by atoms with van der Waals surface area (Å²) >= 11 is 6.20. The Morgan fingerprint density at radius 2 is 1.79 bits per heavy atom. The van der Waals surface area contributed by atoms with Crippen molar-refractivity contribution in [3.05, 3.63) is 58.7 Å². The zero-order valence-electron chi connectivity index (χ0n) is 15.7. The van der Waals surface area contributed by atoms with Gasteiger partial charge in [-0.3, -0.25) is 0 Å². The van der Waals surface area contributed by atoms with Gasteiger partial charge in [0.2, 0.25) is 0 Å². The van der Waals surface area contributed by atoms with Gasteiger partial charge in [-0.1, -0.05) is 48.2 Å². The van der Waals surface area contributed by atoms with Crippen LogP contribution in [-0.4, -0.2) is 38.6 Å². The molecule has 0 unspecified atom stereocenters. The molecule has 0 bridgehead atoms. The number of tetrazole rings is 1. The lowest BCUT2D eigenvalue weighted by atomic mass is 10.2. The van der Waals surface area contributed by atoms with Gasteiger partial charge in [0, 0.05) is 5.02 Å². The molecule has 0 spiro atoms. The molecule has 0 aliphatic heterocycles. The zero-order chi connectivity index (χ0) is 20.6. The van der Waals surface area contributed by atoms with Gasteiger partial charge in [0.1, 0.15) is 0 Å². The van der Waals surface area contributed by atoms with Crippen molar-refractivity contribution in [1.82, 2.24) is 30.2 Å². The summed E-state index contributed by atoms with van der Waals surface area (Å²) in [6.45, 7) is 3.77. The van der Waals surface area contributed by atoms with Crippen molar-refractivity contribution in [1.29, 1.82) is 0 Å². The van der Waals surface area contributed by atoms with Gasteiger partial charge in [-0.15, -0.1) is 0 Å². The lowest BCUT2D eigenvalue weighted by Gasteiger charge is -2.11. The molecule has 4 aromatic rings. The first-order valence-corrected chi connectivity index (χ1v) is 10.8. The monoisotopic (exact) mass is 428 g/mol. The molecule has 0 aliphatic carbocycles. The van der Waals surface area contributed by atoms with Crippen LogP contribution in [0.5, 0.6) is 0 Å². The number of hydrogen-bond acceptors (Lipinski definition) is 7. The average Bonchev–Trinajstić information content (AvgIpc) is 3.20. The van der Waals surface area contributed by atoms with Crippen LogP contribution in [0.2, 0.25) is 5.02 Å². The number of benzene rings is 2. The molecule has 8 nitrogen and oxygen atoms in total. The summed E-state index contributed by atoms with van der Waals surface area (Å²) in [5, 5.41) is 11.3. The first-order valence-electron chi connectivity index (χ1n) is 8.97. The standard InChI is InChI=1S/C19H17ClN6O2S/c1-3-7-15-18(22-16-10-12(2)14(20)11-17(16)21-15)29(27,28)19-23-24-25-26(19)13-8-5-4-6-9-13/h4-6,8-11H,3,7H2,1-2H3. The fourth-order valence-corrected chi connectivity index (χ4v) is 4.50. The molecule has 0 saturated carbocycles. The average molecular weight is 429 g/mol. The number of fused-ring (bicyclic) bond motifs is 1. The second-order valence-electron chi connectivity index (χ2n) is 6.53. The van der Waals surface area contributed by atoms with Gasteiger partial charge in [0.05, 0.1) is 22.4 Å². The minimum Gasteiger partial charge on any atom is -0.248 e. The highest BCUT2D eigenvalue weighted by Crippen LogP contribution is 2.27. The van der Waals surface area contributed by atoms with Gasteiger partial charge in [0.15, 0.2) is 5.03 Å². The van der Waals surface area contributed by atoms with E-state index in [4.69, 9.17) is 11.6 Å². The molecule has 10 heteroatoms. The Bertz CT molecular complexity index is 1310. The summed E-state index contributed by atoms with van der Waals surface area (Å²) in [5.41, 5.74) is 2.68. The number of hydrogen-bond donors (Lipinski definition) is 0. The minimum atomic E-state index is -4.12. The minimum absolute atomic E-state index is 0.138. The zero-order valence-corrected chi connectivity index (χ0v) is 17.3. The van der Waals surface area contributed by atoms with E-state index in [2.05, 4.69) is 25.5 Å². The summed E-state index contributed by atoms with van der Waals surface area (Å²) in [6, 6.07) is 12.2. The van der Waals surface area contributed by atoms with Gasteiger partial charge < -0.3 is 0 Å². The Kier molecular flexibility index (Phi) is 5.01. The Balaban J connectivity index is 1.95. The maximum Gasteiger partial charge on any atom is 0.278 e. The first-order chi connectivity index (χ1) is 13.9. The Morgan fingerprint density at radius 1 is 1.07 bits per heavy atom. The fourth-order valence-electron chi connectivity index (χ4n) is 2.98. The Morgan fingerprint density at radius 3 is 2.52 bits per heavy atom. The predicted octanol–water partition coefficient (Wildman–Crippen LogP) is 3.35. The third-order valence-electron chi connectivity index (χ3n) is 4.40. The molecule has 29 heavy (non-hydrogen) atoms. The van der Waals surface area contributed by atoms with E-state index in [9.17, 15) is 8.42 Å². The molecule has 0 fully saturated rings. The van der Waals surface area contributed by atoms with Gasteiger partial charge >= 0.3 is 0 Å². The molecule has 0 N–H and O–H groups in total. The highest BCUT2D eigenvalue weighted by Gasteiger charge is 2.31. The summed E-state index contributed by atoms with van der Waals surface area (Å²) < 4.78 is 28.2. The molecule has 148 valence electrons. The molecule has 2 aromatic carbocycles. The van der Waals surface area contributed by atoms with Gasteiger partial charge in [0.25, 0.3) is 15.0 Å². The van der Waals surface area contributed by atoms with E-state index < -0.39 is 9.84 Å². The van der Waals surface area contributed by atoms with Crippen LogP contribution in [-0.2, 0) is 16.3 Å². The number of rotatable bonds is 5. The quantitative estimate of drug-likeness (QED) is 0.480. The van der Waals surface area contributed by atoms with Crippen LogP contribution >= 0.6 is 11.6 Å². The molecule has 4 rings (SSSR count). The fraction of sp³-hybridized carbons (Fsp3) is 0.211. The van der Waals surface area contributed by atoms with E-state index >= 15 is 0 Å². The van der Waals surface area contributed by atoms with Crippen LogP contribution in [0.15, 0.2) is 52.6 Å². The second-order valence-corrected chi connectivity index (χ2v) is 8.69. The van der Waals surface area contributed by atoms with Crippen molar-refractivity contribution in [2.75, 3.05) is 0 Å². The molecule has 0 aliphatic rings. The summed E-state index contributed by atoms with van der Waals surface area (Å²) in [6.07, 6.45) is 1.14. The highest BCUT2D eigenvalue weighted by molar-refractivity contribution is 7.91. The summed E-state index contributed by atoms with van der Waals surface area (Å²) in [5.74, 6) is 0. The topological polar surface area (TPSA) is 104 Å². The molecule has 2 heterocycles. The number of nitrogens with zero attached hydrogens (tertiary/aromatic N) is 6. The van der Waals surface area contributed by atoms with Crippen molar-refractivity contribution in [3.8, 4) is 5.69 Å². The lowest BCUT2D eigenvalue weighted by molar-refractivity contribution is 0.574. The maximum absolute atomic E-state index is 13.5. The van der Waals surface area contributed by atoms with E-state index in [-0.39, 0.29) is 10.2 Å². The Hall–Kier alpha value is -2.91. The van der Waals surface area contributed by atoms with E-state index in [0.29, 0.717) is 40.3 Å². The molecule has 0 saturated heterocycles. The number of aryl methyl sites for hydroxylation is 2. The lowest BCUT2D eigenvalue weighted by Crippen LogP contribution is -2.16. The molecule has 2 aromatic heterocycles. The number of aromatic nitrogens is 6. The van der Waals surface area contributed by atoms with Crippen molar-refractivity contribution in [2.45, 2.75) is 36.9 Å². The van der Waals surface area contributed by atoms with E-state index in [1.165, 1.54) is 4.68 Å². The van der Waals surface area contributed by atoms with Crippen LogP contribution in [0.4, 0.5) is 0 Å². The van der Waals surface area contributed by atoms with Crippen LogP contribution < -0.4 is 0 Å². The van der Waals surface area contributed by atoms with Crippen LogP contribution in [0.3, 0.4) is 0 Å². The highest BCUT2D eigenvalue weighted by atomic mass is 35.5. The van der Waals surface area contributed by atoms with Crippen molar-refractivity contribution in [2.24, 2.45) is 0 Å². The van der Waals surface area contributed by atoms with E-state index in [1.807, 2.05) is 19.9 Å². The van der Waals surface area contributed by atoms with E-state index in [1.54, 1.807) is 36.4 Å². The van der Waals surface area contributed by atoms with E-state index in [0.717, 1.165) is 5.56 Å². The molecule has 0 radical (unpaired) electrons. The van der Waals surface area contributed by atoms with Crippen LogP contribution in [0.1, 0.15) is 24.6 Å². The number of sulfone groups is 1. The molecule has 0 atom stereocenters.